The van der Waals surface area contributed by atoms with Crippen LogP contribution in [-0.2, 0) is 13.5 Å². The number of aryl methyl sites for hydroxylation is 2. The van der Waals surface area contributed by atoms with Crippen molar-refractivity contribution in [3.05, 3.63) is 16.0 Å². The fraction of sp³-hybridized carbons (Fsp3) is 0.792. The van der Waals surface area contributed by atoms with E-state index in [0.29, 0.717) is 11.4 Å². The van der Waals surface area contributed by atoms with Crippen LogP contribution in [0.25, 0.3) is 11.0 Å². The summed E-state index contributed by atoms with van der Waals surface area (Å²) < 4.78 is 1.69. The standard InChI is InChI=1S/C24H41N7O/c1-4-9-20-21-22(29(3)27-20)23(32)26-24(25-21)31(18-19-10-6-5-7-11-19)13-8-12-30-16-14-28(2)15-17-30/h19H,4-18H2,1-3H3,(H,25,26,32). The van der Waals surface area contributed by atoms with E-state index in [1.54, 1.807) is 4.68 Å². The summed E-state index contributed by atoms with van der Waals surface area (Å²) in [5, 5.41) is 4.59. The highest BCUT2D eigenvalue weighted by atomic mass is 16.1. The second-order valence-electron chi connectivity index (χ2n) is 9.86. The van der Waals surface area contributed by atoms with E-state index >= 15 is 0 Å². The molecule has 8 nitrogen and oxygen atoms in total. The van der Waals surface area contributed by atoms with E-state index in [-0.39, 0.29) is 5.56 Å². The zero-order valence-electron chi connectivity index (χ0n) is 20.3. The Kier molecular flexibility index (Phi) is 7.84. The first-order valence-electron chi connectivity index (χ1n) is 12.7. The minimum Gasteiger partial charge on any atom is -0.342 e. The highest BCUT2D eigenvalue weighted by Crippen LogP contribution is 2.26. The number of aromatic nitrogens is 4. The molecule has 178 valence electrons. The first-order chi connectivity index (χ1) is 15.5. The maximum atomic E-state index is 13.0. The number of likely N-dealkylation sites (N-methyl/N-ethyl adjacent to an activating group) is 1. The molecule has 2 fully saturated rings. The third-order valence-electron chi connectivity index (χ3n) is 7.24. The molecule has 0 spiro atoms. The van der Waals surface area contributed by atoms with Gasteiger partial charge in [-0.2, -0.15) is 5.10 Å². The predicted molar refractivity (Wildman–Crippen MR) is 130 cm³/mol. The largest absolute Gasteiger partial charge is 0.342 e. The topological polar surface area (TPSA) is 73.3 Å². The van der Waals surface area contributed by atoms with Gasteiger partial charge in [0.05, 0.1) is 5.69 Å². The molecule has 1 N–H and O–H groups in total. The molecular weight excluding hydrogens is 402 g/mol. The van der Waals surface area contributed by atoms with Gasteiger partial charge < -0.3 is 14.7 Å². The lowest BCUT2D eigenvalue weighted by Gasteiger charge is -2.34. The van der Waals surface area contributed by atoms with Crippen molar-refractivity contribution >= 4 is 17.0 Å². The van der Waals surface area contributed by atoms with Crippen LogP contribution in [0.15, 0.2) is 4.79 Å². The Morgan fingerprint density at radius 1 is 1.09 bits per heavy atom. The predicted octanol–water partition coefficient (Wildman–Crippen LogP) is 2.63. The molecule has 0 atom stereocenters. The van der Waals surface area contributed by atoms with E-state index in [2.05, 4.69) is 38.8 Å². The number of anilines is 1. The second-order valence-corrected chi connectivity index (χ2v) is 9.86. The van der Waals surface area contributed by atoms with Gasteiger partial charge in [0.15, 0.2) is 5.52 Å². The molecule has 1 saturated heterocycles. The summed E-state index contributed by atoms with van der Waals surface area (Å²) in [5.74, 6) is 1.43. The molecule has 1 saturated carbocycles. The molecular formula is C24H41N7O. The fourth-order valence-corrected chi connectivity index (χ4v) is 5.31. The quantitative estimate of drug-likeness (QED) is 0.642. The lowest BCUT2D eigenvalue weighted by Crippen LogP contribution is -2.45. The third kappa shape index (κ3) is 5.52. The van der Waals surface area contributed by atoms with Gasteiger partial charge in [-0.3, -0.25) is 14.5 Å². The molecule has 32 heavy (non-hydrogen) atoms. The van der Waals surface area contributed by atoms with E-state index in [1.165, 1.54) is 32.1 Å². The molecule has 2 aliphatic rings. The molecule has 2 aromatic heterocycles. The summed E-state index contributed by atoms with van der Waals surface area (Å²) in [6.45, 7) is 9.77. The van der Waals surface area contributed by atoms with Gasteiger partial charge >= 0.3 is 0 Å². The van der Waals surface area contributed by atoms with Crippen molar-refractivity contribution in [2.24, 2.45) is 13.0 Å². The maximum Gasteiger partial charge on any atom is 0.278 e. The molecule has 0 radical (unpaired) electrons. The zero-order chi connectivity index (χ0) is 22.5. The molecule has 8 heteroatoms. The minimum atomic E-state index is -0.0740. The van der Waals surface area contributed by atoms with E-state index in [0.717, 1.165) is 82.2 Å². The van der Waals surface area contributed by atoms with E-state index in [4.69, 9.17) is 4.98 Å². The van der Waals surface area contributed by atoms with Gasteiger partial charge in [-0.05, 0) is 45.2 Å². The Labute approximate surface area is 192 Å². The molecule has 1 aliphatic heterocycles. The summed E-state index contributed by atoms with van der Waals surface area (Å²) in [5.41, 5.74) is 2.23. The van der Waals surface area contributed by atoms with Gasteiger partial charge in [-0.1, -0.05) is 32.6 Å². The molecule has 2 aromatic rings. The van der Waals surface area contributed by atoms with Crippen LogP contribution in [0.1, 0.15) is 57.6 Å². The Hall–Kier alpha value is -1.93. The van der Waals surface area contributed by atoms with Crippen molar-refractivity contribution in [1.29, 1.82) is 0 Å². The molecule has 0 amide bonds. The number of H-pyrrole nitrogens is 1. The highest BCUT2D eigenvalue weighted by molar-refractivity contribution is 5.77. The Morgan fingerprint density at radius 3 is 2.56 bits per heavy atom. The van der Waals surface area contributed by atoms with Crippen LogP contribution in [0.2, 0.25) is 0 Å². The normalized spacial score (nSPS) is 19.1. The number of hydrogen-bond acceptors (Lipinski definition) is 6. The first kappa shape index (κ1) is 23.2. The van der Waals surface area contributed by atoms with Gasteiger partial charge in [0.2, 0.25) is 5.95 Å². The number of hydrogen-bond donors (Lipinski definition) is 1. The monoisotopic (exact) mass is 443 g/mol. The van der Waals surface area contributed by atoms with Crippen LogP contribution >= 0.6 is 0 Å². The number of nitrogens with zero attached hydrogens (tertiary/aromatic N) is 6. The molecule has 0 bridgehead atoms. The van der Waals surface area contributed by atoms with Crippen LogP contribution in [0.5, 0.6) is 0 Å². The van der Waals surface area contributed by atoms with E-state index in [1.807, 2.05) is 7.05 Å². The fourth-order valence-electron chi connectivity index (χ4n) is 5.31. The number of rotatable bonds is 9. The molecule has 1 aliphatic carbocycles. The summed E-state index contributed by atoms with van der Waals surface area (Å²) in [7, 11) is 4.04. The van der Waals surface area contributed by atoms with E-state index < -0.39 is 0 Å². The van der Waals surface area contributed by atoms with Crippen molar-refractivity contribution in [2.45, 2.75) is 58.3 Å². The van der Waals surface area contributed by atoms with Gasteiger partial charge in [-0.15, -0.1) is 0 Å². The third-order valence-corrected chi connectivity index (χ3v) is 7.24. The number of nitrogens with one attached hydrogen (secondary N) is 1. The Balaban J connectivity index is 1.53. The van der Waals surface area contributed by atoms with Crippen LogP contribution in [0.3, 0.4) is 0 Å². The zero-order valence-corrected chi connectivity index (χ0v) is 20.3. The average Bonchev–Trinajstić information content (AvgIpc) is 3.11. The molecule has 0 aromatic carbocycles. The Bertz CT molecular complexity index is 922. The average molecular weight is 444 g/mol. The maximum absolute atomic E-state index is 13.0. The number of fused-ring (bicyclic) bond motifs is 1. The van der Waals surface area contributed by atoms with Crippen molar-refractivity contribution in [3.8, 4) is 0 Å². The van der Waals surface area contributed by atoms with Crippen molar-refractivity contribution in [3.63, 3.8) is 0 Å². The van der Waals surface area contributed by atoms with Gasteiger partial charge in [0, 0.05) is 46.3 Å². The molecule has 3 heterocycles. The highest BCUT2D eigenvalue weighted by Gasteiger charge is 2.22. The van der Waals surface area contributed by atoms with Crippen LogP contribution < -0.4 is 10.5 Å². The van der Waals surface area contributed by atoms with Crippen molar-refractivity contribution < 1.29 is 0 Å². The van der Waals surface area contributed by atoms with E-state index in [9.17, 15) is 4.79 Å². The Morgan fingerprint density at radius 2 is 1.84 bits per heavy atom. The van der Waals surface area contributed by atoms with Crippen LogP contribution in [-0.4, -0.2) is 82.4 Å². The SMILES string of the molecule is CCCc1nn(C)c2c(=O)[nH]c(N(CCCN3CCN(C)CC3)CC3CCCCC3)nc12. The summed E-state index contributed by atoms with van der Waals surface area (Å²) in [6.07, 6.45) is 9.51. The summed E-state index contributed by atoms with van der Waals surface area (Å²) in [6, 6.07) is 0. The smallest absolute Gasteiger partial charge is 0.278 e. The molecule has 4 rings (SSSR count). The van der Waals surface area contributed by atoms with Gasteiger partial charge in [0.25, 0.3) is 5.56 Å². The minimum absolute atomic E-state index is 0.0740. The van der Waals surface area contributed by atoms with Crippen molar-refractivity contribution in [1.82, 2.24) is 29.5 Å². The lowest BCUT2D eigenvalue weighted by atomic mass is 9.89. The number of piperazine rings is 1. The van der Waals surface area contributed by atoms with Crippen LogP contribution in [0, 0.1) is 5.92 Å². The number of aromatic amines is 1. The molecule has 0 unspecified atom stereocenters. The lowest BCUT2D eigenvalue weighted by molar-refractivity contribution is 0.153. The second kappa shape index (κ2) is 10.8. The van der Waals surface area contributed by atoms with Gasteiger partial charge in [-0.25, -0.2) is 4.98 Å². The summed E-state index contributed by atoms with van der Waals surface area (Å²) >= 11 is 0. The van der Waals surface area contributed by atoms with Crippen LogP contribution in [0.4, 0.5) is 5.95 Å². The summed E-state index contributed by atoms with van der Waals surface area (Å²) in [4.78, 5) is 28.4. The van der Waals surface area contributed by atoms with Crippen molar-refractivity contribution in [2.75, 3.05) is 57.8 Å². The van der Waals surface area contributed by atoms with Gasteiger partial charge in [0.1, 0.15) is 5.52 Å². The first-order valence-corrected chi connectivity index (χ1v) is 12.7.